The Kier molecular flexibility index (Phi) is 123. The topological polar surface area (TPSA) is 0 Å². The van der Waals surface area contributed by atoms with E-state index >= 15 is 0 Å². The van der Waals surface area contributed by atoms with Crippen LogP contribution in [0, 0.1) is 0 Å². The van der Waals surface area contributed by atoms with E-state index in [2.05, 4.69) is 47.8 Å². The Balaban J connectivity index is -0.0000000133. The zero-order valence-electron chi connectivity index (χ0n) is 1.94. The first-order valence-electron chi connectivity index (χ1n) is 0.329. The molecule has 0 radical (unpaired) electrons. The maximum atomic E-state index is 3.71. The van der Waals surface area contributed by atoms with Gasteiger partial charge < -0.3 is 0 Å². The van der Waals surface area contributed by atoms with Crippen LogP contribution in [0.3, 0.4) is 0 Å². The van der Waals surface area contributed by atoms with Gasteiger partial charge in [-0.05, 0) is 0 Å². The number of thiol groups is 2. The van der Waals surface area contributed by atoms with E-state index in [-0.39, 0.29) is 16.5 Å². The van der Waals surface area contributed by atoms with Crippen LogP contribution in [0.5, 0.6) is 0 Å². The average Bonchev–Trinajstić information content (AvgIpc) is 1.50. The van der Waals surface area contributed by atoms with Gasteiger partial charge in [-0.25, -0.2) is 0 Å². The first-order valence-corrected chi connectivity index (χ1v) is 3.40. The quantitative estimate of drug-likeness (QED) is 0.350. The minimum absolute atomic E-state index is 0. The molecule has 0 heterocycles. The fourth-order valence-corrected chi connectivity index (χ4v) is 0. The predicted octanol–water partition coefficient (Wildman–Crippen LogP) is 1.40. The maximum absolute atomic E-state index is 3.71. The zero-order valence-corrected chi connectivity index (χ0v) is 6.52. The molecule has 0 aliphatic carbocycles. The Hall–Kier alpha value is 1.91. The second kappa shape index (κ2) is 39.1. The van der Waals surface area contributed by atoms with Gasteiger partial charge in [0.15, 0.2) is 0 Å². The Labute approximate surface area is 63.9 Å². The van der Waals surface area contributed by atoms with Crippen LogP contribution >= 0.6 is 34.0 Å². The summed E-state index contributed by atoms with van der Waals surface area (Å²) in [5.41, 5.74) is 0. The third-order valence-corrected chi connectivity index (χ3v) is 0. The molecule has 5 heavy (non-hydrogen) atoms. The Morgan fingerprint density at radius 1 is 1.20 bits per heavy atom. The first-order chi connectivity index (χ1) is 2.00. The van der Waals surface area contributed by atoms with Gasteiger partial charge in [0.1, 0.15) is 0 Å². The van der Waals surface area contributed by atoms with E-state index in [0.29, 0.717) is 0 Å². The van der Waals surface area contributed by atoms with Gasteiger partial charge in [0.05, 0.1) is 0 Å². The third kappa shape index (κ3) is 24.8. The molecule has 0 nitrogen and oxygen atoms in total. The third-order valence-electron chi connectivity index (χ3n) is 0. The van der Waals surface area contributed by atoms with Gasteiger partial charge in [0.2, 0.25) is 0 Å². The van der Waals surface area contributed by atoms with E-state index < -0.39 is 0 Å². The molecule has 0 atom stereocenters. The first kappa shape index (κ1) is 15.8. The van der Waals surface area contributed by atoms with Gasteiger partial charge in [-0.2, -0.15) is 0 Å². The summed E-state index contributed by atoms with van der Waals surface area (Å²) < 4.78 is 0. The van der Waals surface area contributed by atoms with Crippen LogP contribution in [0.25, 0.3) is 0 Å². The number of hydrogen-bond donors (Lipinski definition) is 2. The second-order valence-corrected chi connectivity index (χ2v) is 0. The van der Waals surface area contributed by atoms with Crippen LogP contribution in [0.4, 0.5) is 0 Å². The Morgan fingerprint density at radius 2 is 1.20 bits per heavy atom. The summed E-state index contributed by atoms with van der Waals surface area (Å²) in [4.78, 5) is 0. The normalized spacial score (nSPS) is 2.40. The average molecular weight is 216 g/mol. The van der Waals surface area contributed by atoms with E-state index in [0.717, 1.165) is 0 Å². The van der Waals surface area contributed by atoms with E-state index in [1.807, 2.05) is 0 Å². The molecule has 0 aliphatic rings. The van der Waals surface area contributed by atoms with Crippen molar-refractivity contribution in [3.05, 3.63) is 0 Å². The van der Waals surface area contributed by atoms with Crippen molar-refractivity contribution < 1.29 is 30.4 Å². The summed E-state index contributed by atoms with van der Waals surface area (Å²) in [5.74, 6) is 0. The van der Waals surface area contributed by atoms with E-state index in [4.69, 9.17) is 0 Å². The molecule has 0 saturated heterocycles. The van der Waals surface area contributed by atoms with Crippen molar-refractivity contribution in [2.75, 3.05) is 0 Å². The Bertz CT molecular complexity index is 4.85. The molecule has 0 fully saturated rings. The van der Waals surface area contributed by atoms with Gasteiger partial charge in [-0.3, -0.25) is 0 Å². The molecule has 0 unspecified atom stereocenters. The van der Waals surface area contributed by atoms with Crippen molar-refractivity contribution in [3.63, 3.8) is 0 Å². The van der Waals surface area contributed by atoms with Crippen LogP contribution in [0.1, 0.15) is 0 Å². The van der Waals surface area contributed by atoms with Crippen molar-refractivity contribution in [3.8, 4) is 0 Å². The summed E-state index contributed by atoms with van der Waals surface area (Å²) >= 11 is 9.90. The monoisotopic (exact) mass is 214 g/mol. The molecule has 0 aromatic carbocycles. The summed E-state index contributed by atoms with van der Waals surface area (Å²) in [6.07, 6.45) is 0. The van der Waals surface area contributed by atoms with Gasteiger partial charge in [-0.1, -0.05) is 0 Å². The molecule has 0 rings (SSSR count). The molecule has 0 bridgehead atoms. The van der Waals surface area contributed by atoms with Crippen molar-refractivity contribution in [2.45, 2.75) is 0 Å². The van der Waals surface area contributed by atoms with Crippen LogP contribution in [0.15, 0.2) is 0 Å². The Morgan fingerprint density at radius 3 is 1.20 bits per heavy atom. The van der Waals surface area contributed by atoms with Crippen molar-refractivity contribution in [1.29, 1.82) is 0 Å². The van der Waals surface area contributed by atoms with Crippen molar-refractivity contribution in [1.82, 2.24) is 0 Å². The molecule has 0 aromatic rings. The molecule has 0 saturated carbocycles. The summed E-state index contributed by atoms with van der Waals surface area (Å²) in [5, 5.41) is 0. The zero-order chi connectivity index (χ0) is 4.00. The molecule has 0 spiro atoms. The standard InChI is InChI=1S/2Ni.H2S2.S/c;;1-2;/h;;1-2H;. The van der Waals surface area contributed by atoms with E-state index in [9.17, 15) is 0 Å². The molecule has 40 valence electrons. The van der Waals surface area contributed by atoms with Gasteiger partial charge in [-0.15, -0.1) is 23.3 Å². The molecular formula is H2Ni2S3. The molecule has 5 heteroatoms. The summed E-state index contributed by atoms with van der Waals surface area (Å²) in [7, 11) is 3.71. The van der Waals surface area contributed by atoms with Crippen LogP contribution in [0.2, 0.25) is 0 Å². The fraction of sp³-hybridized carbons (Fsp3) is 0. The van der Waals surface area contributed by atoms with Gasteiger partial charge >= 0.3 is 24.5 Å². The van der Waals surface area contributed by atoms with Gasteiger partial charge in [0.25, 0.3) is 0 Å². The minimum atomic E-state index is 0. The van der Waals surface area contributed by atoms with Crippen LogP contribution in [-0.4, -0.2) is 0 Å². The fourth-order valence-electron chi connectivity index (χ4n) is 0. The number of hydrogen-bond acceptors (Lipinski definition) is 3. The van der Waals surface area contributed by atoms with E-state index in [1.165, 1.54) is 0 Å². The summed E-state index contributed by atoms with van der Waals surface area (Å²) in [6, 6.07) is 0. The van der Waals surface area contributed by atoms with Crippen LogP contribution < -0.4 is 0 Å². The summed E-state index contributed by atoms with van der Waals surface area (Å²) in [6.45, 7) is 0. The molecule has 0 amide bonds. The van der Waals surface area contributed by atoms with Crippen molar-refractivity contribution >= 4 is 34.0 Å². The SMILES string of the molecule is SS.[Ni].[S]=[Ni]. The number of rotatable bonds is 0. The predicted molar refractivity (Wildman–Crippen MR) is 25.6 cm³/mol. The molecule has 0 aromatic heterocycles. The molecular weight excluding hydrogens is 214 g/mol. The molecule has 0 aliphatic heterocycles. The second-order valence-electron chi connectivity index (χ2n) is 0. The van der Waals surface area contributed by atoms with Crippen molar-refractivity contribution in [2.24, 2.45) is 0 Å². The molecule has 0 N–H and O–H groups in total. The van der Waals surface area contributed by atoms with E-state index in [1.54, 1.807) is 0 Å². The van der Waals surface area contributed by atoms with Gasteiger partial charge in [0, 0.05) is 16.5 Å². The van der Waals surface area contributed by atoms with Crippen LogP contribution in [-0.2, 0) is 30.4 Å².